The first-order valence-corrected chi connectivity index (χ1v) is 7.66. The van der Waals surface area contributed by atoms with E-state index in [2.05, 4.69) is 12.1 Å². The molecule has 0 saturated carbocycles. The van der Waals surface area contributed by atoms with Crippen molar-refractivity contribution in [1.29, 1.82) is 0 Å². The number of fused-ring (bicyclic) bond motifs is 1. The van der Waals surface area contributed by atoms with Gasteiger partial charge in [-0.05, 0) is 40.5 Å². The van der Waals surface area contributed by atoms with Gasteiger partial charge in [-0.2, -0.15) is 0 Å². The lowest BCUT2D eigenvalue weighted by atomic mass is 9.78. The second-order valence-corrected chi connectivity index (χ2v) is 6.14. The highest BCUT2D eigenvalue weighted by Gasteiger charge is 2.30. The molecule has 0 bridgehead atoms. The summed E-state index contributed by atoms with van der Waals surface area (Å²) in [6.07, 6.45) is 1.77. The minimum Gasteiger partial charge on any atom is -0.291 e. The molecule has 1 N–H and O–H groups in total. The third-order valence-corrected chi connectivity index (χ3v) is 4.79. The molecule has 0 saturated heterocycles. The zero-order valence-corrected chi connectivity index (χ0v) is 13.2. The lowest BCUT2D eigenvalue weighted by Gasteiger charge is -2.25. The number of hydroxylamine groups is 1. The largest absolute Gasteiger partial charge is 0.291 e. The fourth-order valence-corrected chi connectivity index (χ4v) is 3.35. The van der Waals surface area contributed by atoms with Gasteiger partial charge in [-0.15, -0.1) is 0 Å². The van der Waals surface area contributed by atoms with Crippen LogP contribution in [-0.4, -0.2) is 22.7 Å². The van der Waals surface area contributed by atoms with Crippen molar-refractivity contribution < 1.29 is 9.95 Å². The van der Waals surface area contributed by atoms with Crippen molar-refractivity contribution >= 4 is 28.9 Å². The monoisotopic (exact) mass is 320 g/mol. The van der Waals surface area contributed by atoms with Crippen LogP contribution in [0.15, 0.2) is 42.5 Å². The Hall–Kier alpha value is -1.51. The Bertz CT molecular complexity index is 720. The maximum atomic E-state index is 9.82. The van der Waals surface area contributed by atoms with Crippen LogP contribution in [-0.2, 0) is 0 Å². The predicted octanol–water partition coefficient (Wildman–Crippen LogP) is 4.74. The number of benzene rings is 2. The van der Waals surface area contributed by atoms with Crippen LogP contribution in [0.5, 0.6) is 0 Å². The van der Waals surface area contributed by atoms with Crippen molar-refractivity contribution in [2.24, 2.45) is 0 Å². The van der Waals surface area contributed by atoms with E-state index < -0.39 is 0 Å². The molecule has 0 aromatic heterocycles. The molecule has 108 valence electrons. The molecule has 0 spiro atoms. The molecule has 0 fully saturated rings. The van der Waals surface area contributed by atoms with Crippen LogP contribution in [0.2, 0.25) is 10.0 Å². The molecule has 21 heavy (non-hydrogen) atoms. The van der Waals surface area contributed by atoms with E-state index in [1.807, 2.05) is 30.3 Å². The van der Waals surface area contributed by atoms with Gasteiger partial charge in [0.15, 0.2) is 7.05 Å². The summed E-state index contributed by atoms with van der Waals surface area (Å²) in [4.78, 5) is 0. The molecule has 1 aliphatic carbocycles. The summed E-state index contributed by atoms with van der Waals surface area (Å²) in [5.74, 6) is 0.277. The zero-order chi connectivity index (χ0) is 15.0. The van der Waals surface area contributed by atoms with E-state index in [1.54, 1.807) is 7.05 Å². The van der Waals surface area contributed by atoms with Crippen LogP contribution in [0.1, 0.15) is 35.4 Å². The predicted molar refractivity (Wildman–Crippen MR) is 86.1 cm³/mol. The molecule has 3 rings (SSSR count). The SMILES string of the molecule is C[N+](O)=C1CCC(c2ccc(Cl)c(Cl)c2)c2ccccc21. The van der Waals surface area contributed by atoms with Crippen LogP contribution in [0.25, 0.3) is 0 Å². The molecule has 2 aromatic rings. The van der Waals surface area contributed by atoms with Crippen LogP contribution < -0.4 is 0 Å². The van der Waals surface area contributed by atoms with E-state index in [0.717, 1.165) is 29.7 Å². The number of rotatable bonds is 1. The third-order valence-electron chi connectivity index (χ3n) is 4.05. The molecule has 1 unspecified atom stereocenters. The van der Waals surface area contributed by atoms with Gasteiger partial charge in [-0.25, -0.2) is 0 Å². The Labute approximate surface area is 134 Å². The van der Waals surface area contributed by atoms with E-state index in [0.29, 0.717) is 10.0 Å². The van der Waals surface area contributed by atoms with Gasteiger partial charge in [-0.1, -0.05) is 47.5 Å². The Morgan fingerprint density at radius 2 is 1.86 bits per heavy atom. The average molecular weight is 321 g/mol. The van der Waals surface area contributed by atoms with Crippen molar-refractivity contribution in [2.75, 3.05) is 7.05 Å². The normalized spacial score (nSPS) is 20.0. The lowest BCUT2D eigenvalue weighted by Crippen LogP contribution is -2.23. The van der Waals surface area contributed by atoms with Crippen molar-refractivity contribution in [3.63, 3.8) is 0 Å². The maximum Gasteiger partial charge on any atom is 0.234 e. The van der Waals surface area contributed by atoms with E-state index >= 15 is 0 Å². The van der Waals surface area contributed by atoms with Gasteiger partial charge in [-0.3, -0.25) is 5.21 Å². The quantitative estimate of drug-likeness (QED) is 0.458. The summed E-state index contributed by atoms with van der Waals surface area (Å²) in [6, 6.07) is 14.0. The van der Waals surface area contributed by atoms with E-state index in [-0.39, 0.29) is 5.92 Å². The topological polar surface area (TPSA) is 23.2 Å². The van der Waals surface area contributed by atoms with E-state index in [9.17, 15) is 5.21 Å². The van der Waals surface area contributed by atoms with Gasteiger partial charge >= 0.3 is 0 Å². The molecule has 2 nitrogen and oxygen atoms in total. The standard InChI is InChI=1S/C17H16Cl2NO/c1-20(21)17-9-7-12(13-4-2-3-5-14(13)17)11-6-8-15(18)16(19)10-11/h2-6,8,10,12,21H,7,9H2,1H3/q+1. The second-order valence-electron chi connectivity index (χ2n) is 5.32. The fourth-order valence-electron chi connectivity index (χ4n) is 3.05. The molecule has 1 atom stereocenters. The Balaban J connectivity index is 2.11. The highest BCUT2D eigenvalue weighted by atomic mass is 35.5. The van der Waals surface area contributed by atoms with Gasteiger partial charge in [0.25, 0.3) is 0 Å². The van der Waals surface area contributed by atoms with Crippen molar-refractivity contribution in [1.82, 2.24) is 0 Å². The van der Waals surface area contributed by atoms with Gasteiger partial charge in [0.1, 0.15) is 0 Å². The minimum absolute atomic E-state index is 0.277. The third kappa shape index (κ3) is 2.66. The first kappa shape index (κ1) is 14.4. The molecule has 0 radical (unpaired) electrons. The first-order valence-electron chi connectivity index (χ1n) is 6.90. The summed E-state index contributed by atoms with van der Waals surface area (Å²) in [5, 5.41) is 11.0. The van der Waals surface area contributed by atoms with Crippen molar-refractivity contribution in [3.05, 3.63) is 69.2 Å². The number of halogens is 2. The Morgan fingerprint density at radius 3 is 2.57 bits per heavy atom. The Morgan fingerprint density at radius 1 is 1.10 bits per heavy atom. The number of hydrogen-bond donors (Lipinski definition) is 1. The summed E-state index contributed by atoms with van der Waals surface area (Å²) in [5.41, 5.74) is 4.45. The summed E-state index contributed by atoms with van der Waals surface area (Å²) in [6.45, 7) is 0. The highest BCUT2D eigenvalue weighted by Crippen LogP contribution is 2.38. The van der Waals surface area contributed by atoms with E-state index in [4.69, 9.17) is 23.2 Å². The van der Waals surface area contributed by atoms with Gasteiger partial charge in [0, 0.05) is 17.9 Å². The molecule has 0 heterocycles. The lowest BCUT2D eigenvalue weighted by molar-refractivity contribution is -0.755. The van der Waals surface area contributed by atoms with Crippen LogP contribution >= 0.6 is 23.2 Å². The summed E-state index contributed by atoms with van der Waals surface area (Å²) in [7, 11) is 1.67. The van der Waals surface area contributed by atoms with Gasteiger partial charge in [0.05, 0.1) is 10.0 Å². The minimum atomic E-state index is 0.277. The number of nitrogens with zero attached hydrogens (tertiary/aromatic N) is 1. The molecular formula is C17H16Cl2NO+. The second kappa shape index (κ2) is 5.70. The van der Waals surface area contributed by atoms with Crippen molar-refractivity contribution in [2.45, 2.75) is 18.8 Å². The maximum absolute atomic E-state index is 9.82. The molecule has 0 amide bonds. The van der Waals surface area contributed by atoms with Gasteiger partial charge in [0.2, 0.25) is 5.71 Å². The number of hydrogen-bond acceptors (Lipinski definition) is 1. The van der Waals surface area contributed by atoms with Crippen LogP contribution in [0.3, 0.4) is 0 Å². The van der Waals surface area contributed by atoms with Gasteiger partial charge < -0.3 is 0 Å². The van der Waals surface area contributed by atoms with E-state index in [1.165, 1.54) is 10.3 Å². The summed E-state index contributed by atoms with van der Waals surface area (Å²) < 4.78 is 1.23. The highest BCUT2D eigenvalue weighted by molar-refractivity contribution is 6.42. The van der Waals surface area contributed by atoms with Crippen molar-refractivity contribution in [3.8, 4) is 0 Å². The smallest absolute Gasteiger partial charge is 0.234 e. The molecule has 1 aliphatic rings. The first-order chi connectivity index (χ1) is 10.1. The van der Waals surface area contributed by atoms with Crippen LogP contribution in [0.4, 0.5) is 0 Å². The molecule has 0 aliphatic heterocycles. The molecule has 4 heteroatoms. The van der Waals surface area contributed by atoms with Crippen LogP contribution in [0, 0.1) is 0 Å². The zero-order valence-electron chi connectivity index (χ0n) is 11.7. The molecular weight excluding hydrogens is 305 g/mol. The Kier molecular flexibility index (Phi) is 3.92. The molecule has 2 aromatic carbocycles. The fraction of sp³-hybridized carbons (Fsp3) is 0.235. The average Bonchev–Trinajstić information content (AvgIpc) is 2.49. The summed E-state index contributed by atoms with van der Waals surface area (Å²) >= 11 is 12.2.